The Morgan fingerprint density at radius 2 is 2.14 bits per heavy atom. The lowest BCUT2D eigenvalue weighted by Crippen LogP contribution is -2.37. The van der Waals surface area contributed by atoms with Gasteiger partial charge < -0.3 is 14.5 Å². The first-order chi connectivity index (χ1) is 9.96. The van der Waals surface area contributed by atoms with E-state index in [9.17, 15) is 18.0 Å². The molecule has 1 aromatic heterocycles. The van der Waals surface area contributed by atoms with Gasteiger partial charge in [-0.1, -0.05) is 0 Å². The number of alkyl halides is 3. The number of hydrogen-bond acceptors (Lipinski definition) is 4. The van der Waals surface area contributed by atoms with Crippen molar-refractivity contribution in [2.75, 3.05) is 26.2 Å². The minimum absolute atomic E-state index is 0.143. The molecule has 2 rings (SSSR count). The Morgan fingerprint density at radius 1 is 1.43 bits per heavy atom. The lowest BCUT2D eigenvalue weighted by molar-refractivity contribution is -0.160. The summed E-state index contributed by atoms with van der Waals surface area (Å²) in [6.45, 7) is 0.285. The van der Waals surface area contributed by atoms with Crippen molar-refractivity contribution in [2.45, 2.75) is 25.1 Å². The molecular weight excluding hydrogens is 289 g/mol. The van der Waals surface area contributed by atoms with Crippen molar-refractivity contribution in [1.82, 2.24) is 10.2 Å². The molecule has 2 heterocycles. The molecule has 1 fully saturated rings. The summed E-state index contributed by atoms with van der Waals surface area (Å²) in [4.78, 5) is 13.4. The number of hydrogen-bond donors (Lipinski definition) is 1. The molecule has 1 aromatic rings. The molecule has 1 saturated heterocycles. The first-order valence-electron chi connectivity index (χ1n) is 6.70. The van der Waals surface area contributed by atoms with Gasteiger partial charge in [0.05, 0.1) is 12.3 Å². The van der Waals surface area contributed by atoms with E-state index in [4.69, 9.17) is 4.42 Å². The summed E-state index contributed by atoms with van der Waals surface area (Å²) >= 11 is 0. The van der Waals surface area contributed by atoms with Gasteiger partial charge in [0.2, 0.25) is 0 Å². The van der Waals surface area contributed by atoms with E-state index in [0.29, 0.717) is 5.76 Å². The maximum Gasteiger partial charge on any atom is 0.422 e. The average molecular weight is 306 g/mol. The van der Waals surface area contributed by atoms with E-state index in [1.807, 2.05) is 0 Å². The van der Waals surface area contributed by atoms with Gasteiger partial charge in [0.15, 0.2) is 6.61 Å². The van der Waals surface area contributed by atoms with Crippen LogP contribution in [0.4, 0.5) is 18.0 Å². The summed E-state index contributed by atoms with van der Waals surface area (Å²) in [6, 6.07) is 3.33. The number of carbonyl (C=O) groups is 1. The molecule has 0 saturated carbocycles. The lowest BCUT2D eigenvalue weighted by Gasteiger charge is -2.25. The van der Waals surface area contributed by atoms with Crippen LogP contribution in [0.2, 0.25) is 0 Å². The van der Waals surface area contributed by atoms with Gasteiger partial charge in [0.1, 0.15) is 5.76 Å². The van der Waals surface area contributed by atoms with Gasteiger partial charge in [-0.25, -0.2) is 4.79 Å². The smallest absolute Gasteiger partial charge is 0.422 e. The molecule has 0 aliphatic carbocycles. The zero-order chi connectivity index (χ0) is 15.3. The highest BCUT2D eigenvalue weighted by molar-refractivity contribution is 5.67. The Morgan fingerprint density at radius 3 is 2.71 bits per heavy atom. The van der Waals surface area contributed by atoms with E-state index in [1.54, 1.807) is 12.1 Å². The molecule has 1 aliphatic rings. The number of nitrogens with zero attached hydrogens (tertiary/aromatic N) is 1. The molecule has 1 atom stereocenters. The number of halogens is 3. The fourth-order valence-corrected chi connectivity index (χ4v) is 2.32. The zero-order valence-electron chi connectivity index (χ0n) is 11.4. The minimum Gasteiger partial charge on any atom is -0.468 e. The van der Waals surface area contributed by atoms with Crippen LogP contribution in [0.15, 0.2) is 22.8 Å². The highest BCUT2D eigenvalue weighted by atomic mass is 19.4. The zero-order valence-corrected chi connectivity index (χ0v) is 11.4. The molecule has 0 aromatic carbocycles. The first kappa shape index (κ1) is 15.7. The predicted octanol–water partition coefficient (Wildman–Crippen LogP) is 2.71. The monoisotopic (exact) mass is 306 g/mol. The molecule has 21 heavy (non-hydrogen) atoms. The van der Waals surface area contributed by atoms with Gasteiger partial charge in [0, 0.05) is 6.54 Å². The summed E-state index contributed by atoms with van der Waals surface area (Å²) in [5.41, 5.74) is 0. The summed E-state index contributed by atoms with van der Waals surface area (Å²) < 4.78 is 45.3. The third-order valence-corrected chi connectivity index (χ3v) is 3.26. The van der Waals surface area contributed by atoms with E-state index >= 15 is 0 Å². The van der Waals surface area contributed by atoms with Gasteiger partial charge in [-0.15, -0.1) is 0 Å². The second-order valence-electron chi connectivity index (χ2n) is 4.85. The van der Waals surface area contributed by atoms with Crippen molar-refractivity contribution >= 4 is 6.09 Å². The standard InChI is InChI=1S/C13H17F3N2O3/c14-13(15,16)9-21-12(19)17-8-10(11-4-3-7-20-11)18-5-1-2-6-18/h3-4,7,10H,1-2,5-6,8-9H2,(H,17,19). The summed E-state index contributed by atoms with van der Waals surface area (Å²) in [5, 5.41) is 2.36. The fraction of sp³-hybridized carbons (Fsp3) is 0.615. The van der Waals surface area contributed by atoms with Crippen molar-refractivity contribution in [3.05, 3.63) is 24.2 Å². The van der Waals surface area contributed by atoms with Crippen molar-refractivity contribution in [3.63, 3.8) is 0 Å². The molecule has 5 nitrogen and oxygen atoms in total. The lowest BCUT2D eigenvalue weighted by atomic mass is 10.2. The van der Waals surface area contributed by atoms with Crippen LogP contribution in [0, 0.1) is 0 Å². The van der Waals surface area contributed by atoms with Crippen LogP contribution < -0.4 is 5.32 Å². The van der Waals surface area contributed by atoms with Crippen LogP contribution >= 0.6 is 0 Å². The summed E-state index contributed by atoms with van der Waals surface area (Å²) in [6.07, 6.45) is -1.97. The van der Waals surface area contributed by atoms with Crippen molar-refractivity contribution in [3.8, 4) is 0 Å². The Hall–Kier alpha value is -1.70. The van der Waals surface area contributed by atoms with Crippen molar-refractivity contribution in [1.29, 1.82) is 0 Å². The van der Waals surface area contributed by atoms with Gasteiger partial charge in [0.25, 0.3) is 0 Å². The first-order valence-corrected chi connectivity index (χ1v) is 6.70. The number of amides is 1. The molecule has 1 N–H and O–H groups in total. The van der Waals surface area contributed by atoms with Crippen LogP contribution in [0.1, 0.15) is 24.6 Å². The van der Waals surface area contributed by atoms with Crippen LogP contribution in [-0.2, 0) is 4.74 Å². The van der Waals surface area contributed by atoms with Gasteiger partial charge >= 0.3 is 12.3 Å². The van der Waals surface area contributed by atoms with E-state index in [-0.39, 0.29) is 12.6 Å². The number of ether oxygens (including phenoxy) is 1. The number of rotatable bonds is 5. The Bertz CT molecular complexity index is 442. The number of alkyl carbamates (subject to hydrolysis) is 1. The summed E-state index contributed by atoms with van der Waals surface area (Å²) in [7, 11) is 0. The van der Waals surface area contributed by atoms with Crippen LogP contribution in [0.5, 0.6) is 0 Å². The van der Waals surface area contributed by atoms with Gasteiger partial charge in [-0.2, -0.15) is 13.2 Å². The van der Waals surface area contributed by atoms with Gasteiger partial charge in [-0.3, -0.25) is 4.90 Å². The van der Waals surface area contributed by atoms with Crippen molar-refractivity contribution in [2.24, 2.45) is 0 Å². The van der Waals surface area contributed by atoms with E-state index < -0.39 is 18.9 Å². The molecule has 1 amide bonds. The third-order valence-electron chi connectivity index (χ3n) is 3.26. The fourth-order valence-electron chi connectivity index (χ4n) is 2.32. The maximum atomic E-state index is 12.0. The summed E-state index contributed by atoms with van der Waals surface area (Å²) in [5.74, 6) is 0.674. The third kappa shape index (κ3) is 4.96. The largest absolute Gasteiger partial charge is 0.468 e. The molecule has 8 heteroatoms. The molecule has 0 radical (unpaired) electrons. The van der Waals surface area contributed by atoms with Gasteiger partial charge in [-0.05, 0) is 38.1 Å². The van der Waals surface area contributed by atoms with Crippen LogP contribution in [-0.4, -0.2) is 43.4 Å². The number of carbonyl (C=O) groups excluding carboxylic acids is 1. The molecule has 1 unspecified atom stereocenters. The Labute approximate surface area is 120 Å². The minimum atomic E-state index is -4.52. The Kier molecular flexibility index (Phi) is 5.11. The second kappa shape index (κ2) is 6.84. The topological polar surface area (TPSA) is 54.7 Å². The van der Waals surface area contributed by atoms with E-state index in [1.165, 1.54) is 6.26 Å². The quantitative estimate of drug-likeness (QED) is 0.909. The van der Waals surface area contributed by atoms with Crippen molar-refractivity contribution < 1.29 is 27.1 Å². The van der Waals surface area contributed by atoms with E-state index in [0.717, 1.165) is 25.9 Å². The van der Waals surface area contributed by atoms with Crippen LogP contribution in [0.3, 0.4) is 0 Å². The molecule has 1 aliphatic heterocycles. The molecule has 118 valence electrons. The van der Waals surface area contributed by atoms with E-state index in [2.05, 4.69) is 15.0 Å². The number of furan rings is 1. The molecule has 0 spiro atoms. The molecule has 0 bridgehead atoms. The highest BCUT2D eigenvalue weighted by Gasteiger charge is 2.30. The number of likely N-dealkylation sites (tertiary alicyclic amines) is 1. The number of nitrogens with one attached hydrogen (secondary N) is 1. The maximum absolute atomic E-state index is 12.0. The predicted molar refractivity (Wildman–Crippen MR) is 67.7 cm³/mol. The normalized spacial score (nSPS) is 17.7. The SMILES string of the molecule is O=C(NCC(c1ccco1)N1CCCC1)OCC(F)(F)F. The molecular formula is C13H17F3N2O3. The van der Waals surface area contributed by atoms with Crippen LogP contribution in [0.25, 0.3) is 0 Å². The average Bonchev–Trinajstić information content (AvgIpc) is 3.09. The second-order valence-corrected chi connectivity index (χ2v) is 4.85. The Balaban J connectivity index is 1.86. The highest BCUT2D eigenvalue weighted by Crippen LogP contribution is 2.24.